The van der Waals surface area contributed by atoms with Gasteiger partial charge in [0, 0.05) is 12.2 Å². The summed E-state index contributed by atoms with van der Waals surface area (Å²) in [7, 11) is -3.71. The summed E-state index contributed by atoms with van der Waals surface area (Å²) in [5.74, 6) is 0. The van der Waals surface area contributed by atoms with Crippen molar-refractivity contribution in [2.24, 2.45) is 0 Å². The molecule has 0 aliphatic rings. The first-order chi connectivity index (χ1) is 9.81. The van der Waals surface area contributed by atoms with Crippen LogP contribution in [0.4, 0.5) is 5.69 Å². The second kappa shape index (κ2) is 6.15. The van der Waals surface area contributed by atoms with Gasteiger partial charge in [0.25, 0.3) is 0 Å². The molecule has 0 aliphatic heterocycles. The number of benzene rings is 1. The maximum Gasteiger partial charge on any atom is 0.241 e. The van der Waals surface area contributed by atoms with Crippen molar-refractivity contribution >= 4 is 27.0 Å². The van der Waals surface area contributed by atoms with Gasteiger partial charge in [-0.3, -0.25) is 0 Å². The minimum Gasteiger partial charge on any atom is -0.398 e. The lowest BCUT2D eigenvalue weighted by Crippen LogP contribution is -2.29. The molecule has 1 atom stereocenters. The van der Waals surface area contributed by atoms with E-state index in [-0.39, 0.29) is 11.4 Å². The summed E-state index contributed by atoms with van der Waals surface area (Å²) in [5, 5.41) is 13.6. The summed E-state index contributed by atoms with van der Waals surface area (Å²) in [6, 6.07) is 5.07. The van der Waals surface area contributed by atoms with Gasteiger partial charge in [-0.2, -0.15) is 11.3 Å². The minimum atomic E-state index is -3.71. The molecule has 1 unspecified atom stereocenters. The van der Waals surface area contributed by atoms with Crippen LogP contribution in [0.5, 0.6) is 0 Å². The van der Waals surface area contributed by atoms with E-state index in [4.69, 9.17) is 5.73 Å². The first-order valence-electron chi connectivity index (χ1n) is 6.38. The number of aliphatic hydroxyl groups is 1. The van der Waals surface area contributed by atoms with Gasteiger partial charge in [0.15, 0.2) is 0 Å². The molecule has 114 valence electrons. The SMILES string of the molecule is Cc1cc(N)c(C)c(S(=O)(=O)NCC(O)c2ccsc2)c1. The van der Waals surface area contributed by atoms with Gasteiger partial charge in [-0.05, 0) is 59.5 Å². The second-order valence-corrected chi connectivity index (χ2v) is 7.42. The molecule has 0 radical (unpaired) electrons. The number of sulfonamides is 1. The molecule has 0 amide bonds. The fourth-order valence-electron chi connectivity index (χ4n) is 1.98. The first-order valence-corrected chi connectivity index (χ1v) is 8.80. The van der Waals surface area contributed by atoms with Crippen LogP contribution in [0, 0.1) is 13.8 Å². The zero-order valence-electron chi connectivity index (χ0n) is 11.8. The van der Waals surface area contributed by atoms with E-state index in [0.29, 0.717) is 16.8 Å². The topological polar surface area (TPSA) is 92.4 Å². The number of thiophene rings is 1. The molecular formula is C14H18N2O3S2. The summed E-state index contributed by atoms with van der Waals surface area (Å²) < 4.78 is 27.1. The minimum absolute atomic E-state index is 0.0770. The molecule has 2 rings (SSSR count). The molecule has 1 aromatic heterocycles. The quantitative estimate of drug-likeness (QED) is 0.732. The van der Waals surface area contributed by atoms with Crippen molar-refractivity contribution in [2.75, 3.05) is 12.3 Å². The number of rotatable bonds is 5. The van der Waals surface area contributed by atoms with Gasteiger partial charge in [-0.25, -0.2) is 13.1 Å². The first kappa shape index (κ1) is 16.0. The number of nitrogens with one attached hydrogen (secondary N) is 1. The van der Waals surface area contributed by atoms with Crippen LogP contribution in [0.1, 0.15) is 22.8 Å². The summed E-state index contributed by atoms with van der Waals surface area (Å²) in [5.41, 5.74) is 8.23. The van der Waals surface area contributed by atoms with Crippen molar-refractivity contribution in [1.29, 1.82) is 0 Å². The fourth-order valence-corrected chi connectivity index (χ4v) is 4.08. The lowest BCUT2D eigenvalue weighted by Gasteiger charge is -2.14. The maximum absolute atomic E-state index is 12.4. The van der Waals surface area contributed by atoms with Gasteiger partial charge in [0.1, 0.15) is 0 Å². The molecule has 2 aromatic rings. The Labute approximate surface area is 128 Å². The highest BCUT2D eigenvalue weighted by atomic mass is 32.2. The van der Waals surface area contributed by atoms with E-state index in [0.717, 1.165) is 5.56 Å². The Morgan fingerprint density at radius 1 is 1.38 bits per heavy atom. The van der Waals surface area contributed by atoms with Crippen molar-refractivity contribution < 1.29 is 13.5 Å². The second-order valence-electron chi connectivity index (χ2n) is 4.90. The largest absolute Gasteiger partial charge is 0.398 e. The Hall–Kier alpha value is -1.41. The van der Waals surface area contributed by atoms with Crippen molar-refractivity contribution in [1.82, 2.24) is 4.72 Å². The lowest BCUT2D eigenvalue weighted by molar-refractivity contribution is 0.182. The smallest absolute Gasteiger partial charge is 0.241 e. The molecule has 21 heavy (non-hydrogen) atoms. The molecule has 0 spiro atoms. The Bertz CT molecular complexity index is 725. The molecular weight excluding hydrogens is 308 g/mol. The van der Waals surface area contributed by atoms with Crippen LogP contribution in [0.2, 0.25) is 0 Å². The third-order valence-corrected chi connectivity index (χ3v) is 5.48. The average Bonchev–Trinajstić information content (AvgIpc) is 2.94. The van der Waals surface area contributed by atoms with E-state index >= 15 is 0 Å². The van der Waals surface area contributed by atoms with E-state index in [2.05, 4.69) is 4.72 Å². The molecule has 0 bridgehead atoms. The van der Waals surface area contributed by atoms with Gasteiger partial charge in [0.2, 0.25) is 10.0 Å². The van der Waals surface area contributed by atoms with Crippen LogP contribution in [-0.2, 0) is 10.0 Å². The normalized spacial score (nSPS) is 13.3. The van der Waals surface area contributed by atoms with Crippen molar-refractivity contribution in [3.8, 4) is 0 Å². The average molecular weight is 326 g/mol. The van der Waals surface area contributed by atoms with Crippen LogP contribution >= 0.6 is 11.3 Å². The summed E-state index contributed by atoms with van der Waals surface area (Å²) in [6.07, 6.45) is -0.867. The number of aryl methyl sites for hydroxylation is 1. The lowest BCUT2D eigenvalue weighted by atomic mass is 10.1. The van der Waals surface area contributed by atoms with Crippen LogP contribution < -0.4 is 10.5 Å². The molecule has 0 fully saturated rings. The number of nitrogen functional groups attached to an aromatic ring is 1. The molecule has 5 nitrogen and oxygen atoms in total. The molecule has 0 saturated carbocycles. The number of anilines is 1. The van der Waals surface area contributed by atoms with Gasteiger partial charge in [-0.1, -0.05) is 0 Å². The molecule has 7 heteroatoms. The number of hydrogen-bond donors (Lipinski definition) is 3. The number of aliphatic hydroxyl groups excluding tert-OH is 1. The Morgan fingerprint density at radius 2 is 2.10 bits per heavy atom. The zero-order chi connectivity index (χ0) is 15.6. The van der Waals surface area contributed by atoms with Crippen LogP contribution in [-0.4, -0.2) is 20.1 Å². The van der Waals surface area contributed by atoms with Gasteiger partial charge in [-0.15, -0.1) is 0 Å². The zero-order valence-corrected chi connectivity index (χ0v) is 13.5. The molecule has 1 heterocycles. The fraction of sp³-hybridized carbons (Fsp3) is 0.286. The van der Waals surface area contributed by atoms with E-state index in [1.54, 1.807) is 37.4 Å². The Morgan fingerprint density at radius 3 is 2.71 bits per heavy atom. The van der Waals surface area contributed by atoms with Crippen molar-refractivity contribution in [2.45, 2.75) is 24.8 Å². The molecule has 4 N–H and O–H groups in total. The highest BCUT2D eigenvalue weighted by molar-refractivity contribution is 7.89. The Kier molecular flexibility index (Phi) is 4.67. The predicted molar refractivity (Wildman–Crippen MR) is 84.8 cm³/mol. The van der Waals surface area contributed by atoms with Gasteiger partial charge >= 0.3 is 0 Å². The number of nitrogens with two attached hydrogens (primary N) is 1. The van der Waals surface area contributed by atoms with Crippen LogP contribution in [0.25, 0.3) is 0 Å². The van der Waals surface area contributed by atoms with Crippen molar-refractivity contribution in [3.05, 3.63) is 45.6 Å². The third-order valence-electron chi connectivity index (χ3n) is 3.23. The summed E-state index contributed by atoms with van der Waals surface area (Å²) in [4.78, 5) is 0.150. The van der Waals surface area contributed by atoms with E-state index in [1.807, 2.05) is 5.38 Å². The Balaban J connectivity index is 2.19. The predicted octanol–water partition coefficient (Wildman–Crippen LogP) is 1.96. The standard InChI is InChI=1S/C14H18N2O3S2/c1-9-5-12(15)10(2)14(6-9)21(18,19)16-7-13(17)11-3-4-20-8-11/h3-6,8,13,16-17H,7,15H2,1-2H3. The van der Waals surface area contributed by atoms with E-state index < -0.39 is 16.1 Å². The summed E-state index contributed by atoms with van der Waals surface area (Å²) >= 11 is 1.45. The monoisotopic (exact) mass is 326 g/mol. The van der Waals surface area contributed by atoms with Gasteiger partial charge in [0.05, 0.1) is 11.0 Å². The maximum atomic E-state index is 12.4. The highest BCUT2D eigenvalue weighted by Gasteiger charge is 2.20. The van der Waals surface area contributed by atoms with Crippen LogP contribution in [0.3, 0.4) is 0 Å². The van der Waals surface area contributed by atoms with Crippen LogP contribution in [0.15, 0.2) is 33.9 Å². The van der Waals surface area contributed by atoms with Gasteiger partial charge < -0.3 is 10.8 Å². The summed E-state index contributed by atoms with van der Waals surface area (Å²) in [6.45, 7) is 3.38. The molecule has 0 aliphatic carbocycles. The van der Waals surface area contributed by atoms with E-state index in [1.165, 1.54) is 11.3 Å². The van der Waals surface area contributed by atoms with Crippen molar-refractivity contribution in [3.63, 3.8) is 0 Å². The molecule has 1 aromatic carbocycles. The van der Waals surface area contributed by atoms with E-state index in [9.17, 15) is 13.5 Å². The third kappa shape index (κ3) is 3.62. The highest BCUT2D eigenvalue weighted by Crippen LogP contribution is 2.23. The number of hydrogen-bond acceptors (Lipinski definition) is 5. The molecule has 0 saturated heterocycles.